The van der Waals surface area contributed by atoms with Crippen molar-refractivity contribution in [1.82, 2.24) is 9.97 Å². The smallest absolute Gasteiger partial charge is 0.162 e. The highest BCUT2D eigenvalue weighted by atomic mass is 32.2. The minimum absolute atomic E-state index is 0.411. The average molecular weight is 544 g/mol. The highest BCUT2D eigenvalue weighted by Crippen LogP contribution is 2.41. The molecule has 2 heterocycles. The minimum atomic E-state index is -2.65. The molecular formula is C29H25N3O2S3. The molecule has 5 rings (SSSR count). The summed E-state index contributed by atoms with van der Waals surface area (Å²) in [7, 11) is -3.69. The Balaban J connectivity index is 1.63. The van der Waals surface area contributed by atoms with Gasteiger partial charge >= 0.3 is 0 Å². The number of pyridine rings is 1. The Morgan fingerprint density at radius 1 is 0.865 bits per heavy atom. The van der Waals surface area contributed by atoms with E-state index in [0.717, 1.165) is 42.7 Å². The molecule has 2 atom stereocenters. The summed E-state index contributed by atoms with van der Waals surface area (Å²) in [5.74, 6) is 0.411. The molecule has 0 N–H and O–H groups in total. The van der Waals surface area contributed by atoms with Crippen LogP contribution in [0.3, 0.4) is 0 Å². The van der Waals surface area contributed by atoms with Crippen molar-refractivity contribution in [2.24, 2.45) is 4.36 Å². The Bertz CT molecular complexity index is 1720. The van der Waals surface area contributed by atoms with E-state index in [1.807, 2.05) is 72.8 Å². The third kappa shape index (κ3) is 5.61. The van der Waals surface area contributed by atoms with Crippen molar-refractivity contribution in [3.63, 3.8) is 0 Å². The highest BCUT2D eigenvalue weighted by Gasteiger charge is 2.17. The maximum absolute atomic E-state index is 13.4. The molecule has 2 unspecified atom stereocenters. The van der Waals surface area contributed by atoms with Crippen molar-refractivity contribution in [2.45, 2.75) is 16.7 Å². The van der Waals surface area contributed by atoms with Crippen LogP contribution in [-0.2, 0) is 20.5 Å². The van der Waals surface area contributed by atoms with Crippen LogP contribution in [0.25, 0.3) is 32.3 Å². The molecule has 37 heavy (non-hydrogen) atoms. The van der Waals surface area contributed by atoms with Gasteiger partial charge in [-0.1, -0.05) is 54.1 Å². The van der Waals surface area contributed by atoms with Gasteiger partial charge in [0.15, 0.2) is 5.82 Å². The molecule has 0 fully saturated rings. The molecule has 0 saturated carbocycles. The number of benzene rings is 3. The van der Waals surface area contributed by atoms with Crippen molar-refractivity contribution in [2.75, 3.05) is 12.5 Å². The van der Waals surface area contributed by atoms with Crippen LogP contribution in [0.2, 0.25) is 0 Å². The standard InChI is InChI=1S/C29H25N3O2S3/c1-20-8-7-9-22(18-20)27-28(35-29(31-27)21-12-14-24(15-13-21)36(2)33)23-16-17-30-26(19-23)32-37(3,34)25-10-5-4-6-11-25/h4-19H,1-3H3. The second-order valence-electron chi connectivity index (χ2n) is 8.65. The van der Waals surface area contributed by atoms with Crippen LogP contribution in [0.4, 0.5) is 5.82 Å². The van der Waals surface area contributed by atoms with Crippen molar-refractivity contribution in [1.29, 1.82) is 0 Å². The lowest BCUT2D eigenvalue weighted by molar-refractivity contribution is 0.680. The number of aromatic nitrogens is 2. The van der Waals surface area contributed by atoms with E-state index in [1.165, 1.54) is 0 Å². The number of thiazole rings is 1. The van der Waals surface area contributed by atoms with Crippen LogP contribution in [0.15, 0.2) is 111 Å². The molecule has 186 valence electrons. The van der Waals surface area contributed by atoms with Crippen LogP contribution in [0, 0.1) is 6.92 Å². The SMILES string of the molecule is Cc1cccc(-c2nc(-c3ccc(S(C)=O)cc3)sc2-c2ccnc(N=S(C)(=O)c3ccccc3)c2)c1. The van der Waals surface area contributed by atoms with E-state index < -0.39 is 20.5 Å². The zero-order valence-corrected chi connectivity index (χ0v) is 23.1. The lowest BCUT2D eigenvalue weighted by Gasteiger charge is -2.06. The lowest BCUT2D eigenvalue weighted by atomic mass is 10.1. The summed E-state index contributed by atoms with van der Waals surface area (Å²) < 4.78 is 29.7. The third-order valence-corrected chi connectivity index (χ3v) is 9.58. The van der Waals surface area contributed by atoms with Gasteiger partial charge in [0, 0.05) is 50.4 Å². The van der Waals surface area contributed by atoms with E-state index in [-0.39, 0.29) is 0 Å². The summed E-state index contributed by atoms with van der Waals surface area (Å²) in [6.45, 7) is 2.06. The zero-order valence-electron chi connectivity index (χ0n) is 20.6. The molecule has 0 spiro atoms. The molecule has 0 amide bonds. The van der Waals surface area contributed by atoms with E-state index in [1.54, 1.807) is 30.0 Å². The summed E-state index contributed by atoms with van der Waals surface area (Å²) in [4.78, 5) is 11.8. The quantitative estimate of drug-likeness (QED) is 0.224. The zero-order chi connectivity index (χ0) is 26.0. The molecule has 0 aliphatic heterocycles. The Morgan fingerprint density at radius 3 is 2.32 bits per heavy atom. The van der Waals surface area contributed by atoms with E-state index in [4.69, 9.17) is 4.98 Å². The third-order valence-electron chi connectivity index (χ3n) is 5.81. The second-order valence-corrected chi connectivity index (χ2v) is 13.3. The van der Waals surface area contributed by atoms with Crippen molar-refractivity contribution in [3.8, 4) is 32.3 Å². The van der Waals surface area contributed by atoms with Gasteiger partial charge < -0.3 is 0 Å². The first-order chi connectivity index (χ1) is 17.8. The van der Waals surface area contributed by atoms with Gasteiger partial charge in [0.05, 0.1) is 20.3 Å². The van der Waals surface area contributed by atoms with Crippen molar-refractivity contribution >= 4 is 37.7 Å². The maximum atomic E-state index is 13.4. The fourth-order valence-corrected chi connectivity index (χ4v) is 6.76. The van der Waals surface area contributed by atoms with Gasteiger partial charge in [0.1, 0.15) is 5.01 Å². The number of hydrogen-bond donors (Lipinski definition) is 0. The number of aryl methyl sites for hydroxylation is 1. The van der Waals surface area contributed by atoms with Gasteiger partial charge in [0.25, 0.3) is 0 Å². The van der Waals surface area contributed by atoms with E-state index in [2.05, 4.69) is 34.5 Å². The molecule has 0 radical (unpaired) electrons. The monoisotopic (exact) mass is 543 g/mol. The van der Waals surface area contributed by atoms with E-state index >= 15 is 0 Å². The minimum Gasteiger partial charge on any atom is -0.255 e. The summed E-state index contributed by atoms with van der Waals surface area (Å²) in [5.41, 5.74) is 4.89. The summed E-state index contributed by atoms with van der Waals surface area (Å²) in [6.07, 6.45) is 5.00. The van der Waals surface area contributed by atoms with Gasteiger partial charge in [0.2, 0.25) is 0 Å². The average Bonchev–Trinajstić information content (AvgIpc) is 3.35. The van der Waals surface area contributed by atoms with Crippen molar-refractivity contribution < 1.29 is 8.42 Å². The van der Waals surface area contributed by atoms with Crippen LogP contribution in [-0.4, -0.2) is 30.9 Å². The van der Waals surface area contributed by atoms with Crippen LogP contribution < -0.4 is 0 Å². The largest absolute Gasteiger partial charge is 0.255 e. The van der Waals surface area contributed by atoms with Crippen molar-refractivity contribution in [3.05, 3.63) is 103 Å². The molecule has 0 aliphatic rings. The molecule has 5 nitrogen and oxygen atoms in total. The fourth-order valence-electron chi connectivity index (χ4n) is 3.93. The first-order valence-corrected chi connectivity index (χ1v) is 15.9. The van der Waals surface area contributed by atoms with Gasteiger partial charge in [-0.15, -0.1) is 11.3 Å². The van der Waals surface area contributed by atoms with E-state index in [0.29, 0.717) is 10.7 Å². The number of hydrogen-bond acceptors (Lipinski definition) is 6. The Morgan fingerprint density at radius 2 is 1.62 bits per heavy atom. The Labute approximate surface area is 223 Å². The van der Waals surface area contributed by atoms with Crippen LogP contribution >= 0.6 is 11.3 Å². The van der Waals surface area contributed by atoms with Gasteiger partial charge in [-0.3, -0.25) is 4.21 Å². The highest BCUT2D eigenvalue weighted by molar-refractivity contribution is 7.93. The molecular weight excluding hydrogens is 519 g/mol. The predicted molar refractivity (Wildman–Crippen MR) is 154 cm³/mol. The molecule has 5 aromatic rings. The van der Waals surface area contributed by atoms with Gasteiger partial charge in [-0.2, -0.15) is 4.36 Å². The predicted octanol–water partition coefficient (Wildman–Crippen LogP) is 7.37. The van der Waals surface area contributed by atoms with Gasteiger partial charge in [-0.25, -0.2) is 14.2 Å². The van der Waals surface area contributed by atoms with Gasteiger partial charge in [-0.05, 0) is 55.0 Å². The molecule has 8 heteroatoms. The second kappa shape index (κ2) is 10.5. The normalized spacial score (nSPS) is 13.6. The van der Waals surface area contributed by atoms with Crippen LogP contribution in [0.5, 0.6) is 0 Å². The Hall–Kier alpha value is -3.46. The number of rotatable bonds is 6. The van der Waals surface area contributed by atoms with Crippen LogP contribution in [0.1, 0.15) is 5.56 Å². The first-order valence-electron chi connectivity index (χ1n) is 11.6. The summed E-state index contributed by atoms with van der Waals surface area (Å²) >= 11 is 1.58. The molecule has 0 bridgehead atoms. The van der Waals surface area contributed by atoms with E-state index in [9.17, 15) is 8.42 Å². The lowest BCUT2D eigenvalue weighted by Crippen LogP contribution is -1.96. The molecule has 3 aromatic carbocycles. The molecule has 2 aromatic heterocycles. The molecule has 0 aliphatic carbocycles. The first kappa shape index (κ1) is 25.2. The Kier molecular flexibility index (Phi) is 7.15. The maximum Gasteiger partial charge on any atom is 0.162 e. The topological polar surface area (TPSA) is 72.3 Å². The fraction of sp³-hybridized carbons (Fsp3) is 0.103. The number of nitrogens with zero attached hydrogens (tertiary/aromatic N) is 3. The summed E-state index contributed by atoms with van der Waals surface area (Å²) in [6, 6.07) is 29.0. The summed E-state index contributed by atoms with van der Waals surface area (Å²) in [5, 5.41) is 0.860. The molecule has 0 saturated heterocycles.